The molecule has 1 aromatic rings. The second kappa shape index (κ2) is 7.24. The van der Waals surface area contributed by atoms with Crippen LogP contribution >= 0.6 is 23.2 Å². The van der Waals surface area contributed by atoms with Gasteiger partial charge in [0.25, 0.3) is 0 Å². The fraction of sp³-hybridized carbons (Fsp3) is 0.625. The summed E-state index contributed by atoms with van der Waals surface area (Å²) in [5.74, 6) is 1.48. The molecule has 1 aliphatic carbocycles. The van der Waals surface area contributed by atoms with E-state index in [9.17, 15) is 4.79 Å². The molecule has 0 radical (unpaired) electrons. The van der Waals surface area contributed by atoms with Gasteiger partial charge in [-0.3, -0.25) is 4.79 Å². The molecule has 7 heteroatoms. The van der Waals surface area contributed by atoms with E-state index in [4.69, 9.17) is 28.9 Å². The highest BCUT2D eigenvalue weighted by Crippen LogP contribution is 2.33. The number of nitrogens with zero attached hydrogens (tertiary/aromatic N) is 3. The Morgan fingerprint density at radius 2 is 2.00 bits per heavy atom. The Balaban J connectivity index is 1.61. The van der Waals surface area contributed by atoms with Gasteiger partial charge in [-0.2, -0.15) is 0 Å². The van der Waals surface area contributed by atoms with Crippen LogP contribution in [-0.4, -0.2) is 48.5 Å². The largest absolute Gasteiger partial charge is 0.352 e. The van der Waals surface area contributed by atoms with Crippen molar-refractivity contribution < 1.29 is 4.79 Å². The molecule has 126 valence electrons. The van der Waals surface area contributed by atoms with Crippen molar-refractivity contribution in [3.63, 3.8) is 0 Å². The van der Waals surface area contributed by atoms with Crippen LogP contribution in [0.1, 0.15) is 19.3 Å². The third kappa shape index (κ3) is 3.57. The van der Waals surface area contributed by atoms with E-state index in [1.165, 1.54) is 0 Å². The molecule has 5 nitrogen and oxygen atoms in total. The van der Waals surface area contributed by atoms with Crippen LogP contribution in [0, 0.1) is 11.8 Å². The second-order valence-electron chi connectivity index (χ2n) is 6.30. The average Bonchev–Trinajstić information content (AvgIpc) is 3.03. The molecule has 3 rings (SSSR count). The summed E-state index contributed by atoms with van der Waals surface area (Å²) in [5.41, 5.74) is 5.81. The third-order valence-corrected chi connectivity index (χ3v) is 5.44. The molecule has 0 spiro atoms. The molecule has 0 bridgehead atoms. The van der Waals surface area contributed by atoms with Crippen molar-refractivity contribution in [3.8, 4) is 0 Å². The van der Waals surface area contributed by atoms with E-state index in [2.05, 4.69) is 9.88 Å². The lowest BCUT2D eigenvalue weighted by atomic mass is 9.94. The van der Waals surface area contributed by atoms with Crippen LogP contribution in [0.2, 0.25) is 10.0 Å². The topological polar surface area (TPSA) is 62.5 Å². The number of anilines is 1. The molecule has 1 aliphatic heterocycles. The van der Waals surface area contributed by atoms with Crippen molar-refractivity contribution in [3.05, 3.63) is 22.3 Å². The van der Waals surface area contributed by atoms with E-state index in [0.717, 1.165) is 38.2 Å². The number of nitrogens with two attached hydrogens (primary N) is 1. The van der Waals surface area contributed by atoms with Crippen LogP contribution in [0.4, 0.5) is 5.82 Å². The number of piperazine rings is 1. The molecule has 2 aliphatic rings. The molecular formula is C16H22Cl2N4O. The van der Waals surface area contributed by atoms with Crippen molar-refractivity contribution in [2.45, 2.75) is 19.3 Å². The Morgan fingerprint density at radius 3 is 2.65 bits per heavy atom. The van der Waals surface area contributed by atoms with Crippen LogP contribution in [0.3, 0.4) is 0 Å². The molecule has 1 aromatic heterocycles. The van der Waals surface area contributed by atoms with Crippen molar-refractivity contribution in [2.75, 3.05) is 37.6 Å². The molecule has 0 unspecified atom stereocenters. The van der Waals surface area contributed by atoms with E-state index < -0.39 is 0 Å². The number of carbonyl (C=O) groups is 1. The van der Waals surface area contributed by atoms with Crippen LogP contribution < -0.4 is 10.6 Å². The molecule has 23 heavy (non-hydrogen) atoms. The predicted molar refractivity (Wildman–Crippen MR) is 92.9 cm³/mol. The summed E-state index contributed by atoms with van der Waals surface area (Å²) in [4.78, 5) is 21.1. The fourth-order valence-electron chi connectivity index (χ4n) is 3.66. The Bertz CT molecular complexity index is 575. The van der Waals surface area contributed by atoms with Crippen molar-refractivity contribution in [2.24, 2.45) is 17.6 Å². The maximum absolute atomic E-state index is 12.7. The van der Waals surface area contributed by atoms with Crippen LogP contribution in [0.5, 0.6) is 0 Å². The van der Waals surface area contributed by atoms with Crippen LogP contribution in [0.25, 0.3) is 0 Å². The number of carbonyl (C=O) groups excluding carboxylic acids is 1. The first-order valence-electron chi connectivity index (χ1n) is 8.15. The smallest absolute Gasteiger partial charge is 0.226 e. The molecular weight excluding hydrogens is 335 g/mol. The number of hydrogen-bond donors (Lipinski definition) is 1. The summed E-state index contributed by atoms with van der Waals surface area (Å²) in [6, 6.07) is 1.70. The van der Waals surface area contributed by atoms with Gasteiger partial charge in [0.05, 0.1) is 10.0 Å². The highest BCUT2D eigenvalue weighted by molar-refractivity contribution is 6.36. The number of pyridine rings is 1. The maximum atomic E-state index is 12.7. The number of hydrogen-bond acceptors (Lipinski definition) is 4. The molecule has 1 saturated carbocycles. The van der Waals surface area contributed by atoms with Gasteiger partial charge in [-0.1, -0.05) is 29.6 Å². The molecule has 1 saturated heterocycles. The van der Waals surface area contributed by atoms with E-state index in [1.54, 1.807) is 12.3 Å². The first kappa shape index (κ1) is 16.8. The van der Waals surface area contributed by atoms with Crippen LogP contribution in [0.15, 0.2) is 12.3 Å². The van der Waals surface area contributed by atoms with E-state index in [-0.39, 0.29) is 11.8 Å². The summed E-state index contributed by atoms with van der Waals surface area (Å²) in [5, 5.41) is 1.08. The summed E-state index contributed by atoms with van der Waals surface area (Å²) in [7, 11) is 0. The molecule has 0 aromatic carbocycles. The second-order valence-corrected chi connectivity index (χ2v) is 7.15. The van der Waals surface area contributed by atoms with Crippen LogP contribution in [-0.2, 0) is 4.79 Å². The van der Waals surface area contributed by atoms with E-state index in [1.807, 2.05) is 4.90 Å². The Morgan fingerprint density at radius 1 is 1.26 bits per heavy atom. The average molecular weight is 357 g/mol. The third-order valence-electron chi connectivity index (χ3n) is 4.96. The summed E-state index contributed by atoms with van der Waals surface area (Å²) in [6.45, 7) is 3.49. The Kier molecular flexibility index (Phi) is 5.29. The predicted octanol–water partition coefficient (Wildman–Crippen LogP) is 2.41. The Labute approximate surface area is 146 Å². The van der Waals surface area contributed by atoms with Gasteiger partial charge >= 0.3 is 0 Å². The van der Waals surface area contributed by atoms with Gasteiger partial charge in [-0.15, -0.1) is 0 Å². The first-order valence-corrected chi connectivity index (χ1v) is 8.90. The van der Waals surface area contributed by atoms with Crippen molar-refractivity contribution >= 4 is 34.9 Å². The lowest BCUT2D eigenvalue weighted by Crippen LogP contribution is -2.51. The number of halogens is 2. The molecule has 1 amide bonds. The standard InChI is InChI=1S/C16H22Cl2N4O/c17-12-8-14(18)15(20-10-12)21-4-6-22(7-5-21)16(23)13-3-1-2-11(13)9-19/h8,10-11,13H,1-7,9,19H2/t11-,13-/m1/s1. The highest BCUT2D eigenvalue weighted by Gasteiger charge is 2.35. The minimum absolute atomic E-state index is 0.115. The molecule has 2 atom stereocenters. The van der Waals surface area contributed by atoms with Gasteiger partial charge in [0.2, 0.25) is 5.91 Å². The minimum Gasteiger partial charge on any atom is -0.352 e. The molecule has 2 N–H and O–H groups in total. The summed E-state index contributed by atoms with van der Waals surface area (Å²) < 4.78 is 0. The minimum atomic E-state index is 0.115. The Hall–Kier alpha value is -1.04. The zero-order chi connectivity index (χ0) is 16.4. The number of rotatable bonds is 3. The fourth-order valence-corrected chi connectivity index (χ4v) is 4.16. The van der Waals surface area contributed by atoms with Gasteiger partial charge in [0.15, 0.2) is 0 Å². The zero-order valence-corrected chi connectivity index (χ0v) is 14.6. The lowest BCUT2D eigenvalue weighted by Gasteiger charge is -2.37. The van der Waals surface area contributed by atoms with Gasteiger partial charge in [0.1, 0.15) is 5.82 Å². The van der Waals surface area contributed by atoms with Gasteiger partial charge < -0.3 is 15.5 Å². The van der Waals surface area contributed by atoms with E-state index >= 15 is 0 Å². The monoisotopic (exact) mass is 356 g/mol. The zero-order valence-electron chi connectivity index (χ0n) is 13.0. The van der Waals surface area contributed by atoms with Gasteiger partial charge in [0, 0.05) is 38.3 Å². The van der Waals surface area contributed by atoms with E-state index in [0.29, 0.717) is 35.6 Å². The summed E-state index contributed by atoms with van der Waals surface area (Å²) >= 11 is 12.1. The normalized spacial score (nSPS) is 25.0. The van der Waals surface area contributed by atoms with Crippen molar-refractivity contribution in [1.29, 1.82) is 0 Å². The van der Waals surface area contributed by atoms with Crippen molar-refractivity contribution in [1.82, 2.24) is 9.88 Å². The summed E-state index contributed by atoms with van der Waals surface area (Å²) in [6.07, 6.45) is 4.77. The lowest BCUT2D eigenvalue weighted by molar-refractivity contribution is -0.136. The SMILES string of the molecule is NC[C@H]1CCC[C@H]1C(=O)N1CCN(c2ncc(Cl)cc2Cl)CC1. The molecule has 2 fully saturated rings. The first-order chi connectivity index (χ1) is 11.1. The maximum Gasteiger partial charge on any atom is 0.226 e. The quantitative estimate of drug-likeness (QED) is 0.903. The highest BCUT2D eigenvalue weighted by atomic mass is 35.5. The number of aromatic nitrogens is 1. The number of amides is 1. The molecule has 2 heterocycles. The van der Waals surface area contributed by atoms with Gasteiger partial charge in [-0.25, -0.2) is 4.98 Å². The van der Waals surface area contributed by atoms with Gasteiger partial charge in [-0.05, 0) is 31.4 Å².